The summed E-state index contributed by atoms with van der Waals surface area (Å²) in [6.07, 6.45) is -1.15. The number of benzene rings is 3. The zero-order valence-corrected chi connectivity index (χ0v) is 18.2. The lowest BCUT2D eigenvalue weighted by atomic mass is 9.82. The highest BCUT2D eigenvalue weighted by Crippen LogP contribution is 2.40. The van der Waals surface area contributed by atoms with Crippen molar-refractivity contribution in [1.82, 2.24) is 0 Å². The van der Waals surface area contributed by atoms with E-state index in [9.17, 15) is 30.7 Å². The van der Waals surface area contributed by atoms with Crippen LogP contribution in [0.2, 0.25) is 0 Å². The lowest BCUT2D eigenvalue weighted by Crippen LogP contribution is -2.36. The van der Waals surface area contributed by atoms with Gasteiger partial charge in [0.25, 0.3) is 0 Å². The SMILES string of the molecule is CC1CCC(C(F)(F)Oc2ccc(-c3cc(F)c(-c4cc(F)c(F)c(F)c4)c(F)c3)cc2)CC1. The number of hydrogen-bond donors (Lipinski definition) is 0. The summed E-state index contributed by atoms with van der Waals surface area (Å²) in [4.78, 5) is 0. The van der Waals surface area contributed by atoms with Gasteiger partial charge in [-0.3, -0.25) is 0 Å². The van der Waals surface area contributed by atoms with Crippen LogP contribution in [-0.2, 0) is 0 Å². The Bertz CT molecular complexity index is 1140. The van der Waals surface area contributed by atoms with E-state index >= 15 is 0 Å². The summed E-state index contributed by atoms with van der Waals surface area (Å²) < 4.78 is 104. The fraction of sp³-hybridized carbons (Fsp3) is 0.308. The van der Waals surface area contributed by atoms with Gasteiger partial charge in [-0.1, -0.05) is 31.9 Å². The molecule has 1 aliphatic rings. The van der Waals surface area contributed by atoms with Crippen molar-refractivity contribution < 1.29 is 35.5 Å². The van der Waals surface area contributed by atoms with Crippen molar-refractivity contribution in [2.24, 2.45) is 11.8 Å². The van der Waals surface area contributed by atoms with Gasteiger partial charge in [-0.2, -0.15) is 8.78 Å². The van der Waals surface area contributed by atoms with Crippen LogP contribution in [0.4, 0.5) is 30.7 Å². The predicted octanol–water partition coefficient (Wildman–Crippen LogP) is 8.51. The van der Waals surface area contributed by atoms with E-state index in [2.05, 4.69) is 0 Å². The Labute approximate surface area is 192 Å². The smallest absolute Gasteiger partial charge is 0.400 e. The van der Waals surface area contributed by atoms with E-state index in [1.165, 1.54) is 24.3 Å². The van der Waals surface area contributed by atoms with Crippen molar-refractivity contribution >= 4 is 0 Å². The molecule has 0 bridgehead atoms. The molecule has 4 rings (SSSR count). The summed E-state index contributed by atoms with van der Waals surface area (Å²) in [5.41, 5.74) is -0.839. The van der Waals surface area contributed by atoms with Crippen molar-refractivity contribution in [3.05, 3.63) is 77.6 Å². The van der Waals surface area contributed by atoms with Crippen LogP contribution in [0.1, 0.15) is 32.6 Å². The Balaban J connectivity index is 1.55. The fourth-order valence-corrected chi connectivity index (χ4v) is 4.27. The van der Waals surface area contributed by atoms with Crippen molar-refractivity contribution in [3.8, 4) is 28.0 Å². The van der Waals surface area contributed by atoms with Crippen LogP contribution in [0.25, 0.3) is 22.3 Å². The molecule has 1 fully saturated rings. The molecule has 0 heterocycles. The van der Waals surface area contributed by atoms with Gasteiger partial charge in [0.15, 0.2) is 17.5 Å². The highest BCUT2D eigenvalue weighted by atomic mass is 19.3. The Morgan fingerprint density at radius 1 is 0.676 bits per heavy atom. The standard InChI is InChI=1S/C26H21F7O/c1-14-2-6-18(7-3-14)26(32,33)34-19-8-4-15(5-9-19)16-10-20(27)24(21(28)11-16)17-12-22(29)25(31)23(30)13-17/h4-5,8-14,18H,2-3,6-7H2,1H3. The molecule has 1 aliphatic carbocycles. The van der Waals surface area contributed by atoms with E-state index in [0.717, 1.165) is 12.1 Å². The van der Waals surface area contributed by atoms with Gasteiger partial charge in [0, 0.05) is 0 Å². The molecule has 0 unspecified atom stereocenters. The first-order chi connectivity index (χ1) is 16.0. The van der Waals surface area contributed by atoms with Gasteiger partial charge in [-0.05, 0) is 71.8 Å². The maximum Gasteiger partial charge on any atom is 0.400 e. The van der Waals surface area contributed by atoms with E-state index < -0.39 is 52.2 Å². The maximum atomic E-state index is 14.7. The highest BCUT2D eigenvalue weighted by Gasteiger charge is 2.43. The van der Waals surface area contributed by atoms with Gasteiger partial charge in [-0.25, -0.2) is 22.0 Å². The molecule has 0 spiro atoms. The summed E-state index contributed by atoms with van der Waals surface area (Å²) in [6.45, 7) is 2.03. The van der Waals surface area contributed by atoms with Gasteiger partial charge in [-0.15, -0.1) is 0 Å². The van der Waals surface area contributed by atoms with E-state index in [-0.39, 0.29) is 11.3 Å². The molecule has 1 saturated carbocycles. The molecular formula is C26H21F7O. The molecule has 0 aliphatic heterocycles. The molecule has 1 nitrogen and oxygen atoms in total. The number of rotatable bonds is 5. The Morgan fingerprint density at radius 3 is 1.71 bits per heavy atom. The first-order valence-corrected chi connectivity index (χ1v) is 10.9. The second-order valence-corrected chi connectivity index (χ2v) is 8.71. The molecule has 0 aromatic heterocycles. The zero-order valence-electron chi connectivity index (χ0n) is 18.2. The average molecular weight is 482 g/mol. The fourth-order valence-electron chi connectivity index (χ4n) is 4.27. The van der Waals surface area contributed by atoms with E-state index in [0.29, 0.717) is 49.3 Å². The molecule has 0 radical (unpaired) electrons. The van der Waals surface area contributed by atoms with Crippen LogP contribution in [0.15, 0.2) is 48.5 Å². The summed E-state index contributed by atoms with van der Waals surface area (Å²) >= 11 is 0. The molecule has 0 saturated heterocycles. The maximum absolute atomic E-state index is 14.7. The number of alkyl halides is 2. The summed E-state index contributed by atoms with van der Waals surface area (Å²) in [5, 5.41) is 0. The third-order valence-electron chi connectivity index (χ3n) is 6.25. The minimum atomic E-state index is -3.33. The molecule has 8 heteroatoms. The summed E-state index contributed by atoms with van der Waals surface area (Å²) in [5.74, 6) is -7.69. The van der Waals surface area contributed by atoms with Crippen LogP contribution in [0.5, 0.6) is 5.75 Å². The van der Waals surface area contributed by atoms with Gasteiger partial charge >= 0.3 is 6.11 Å². The Hall–Kier alpha value is -3.03. The van der Waals surface area contributed by atoms with Crippen LogP contribution < -0.4 is 4.74 Å². The predicted molar refractivity (Wildman–Crippen MR) is 114 cm³/mol. The van der Waals surface area contributed by atoms with Crippen molar-refractivity contribution in [2.75, 3.05) is 0 Å². The summed E-state index contributed by atoms with van der Waals surface area (Å²) in [6, 6.07) is 8.18. The second-order valence-electron chi connectivity index (χ2n) is 8.71. The lowest BCUT2D eigenvalue weighted by Gasteiger charge is -2.32. The molecule has 3 aromatic carbocycles. The number of hydrogen-bond acceptors (Lipinski definition) is 1. The third kappa shape index (κ3) is 4.91. The third-order valence-corrected chi connectivity index (χ3v) is 6.25. The monoisotopic (exact) mass is 482 g/mol. The first-order valence-electron chi connectivity index (χ1n) is 10.9. The van der Waals surface area contributed by atoms with Gasteiger partial charge in [0.1, 0.15) is 17.4 Å². The van der Waals surface area contributed by atoms with Crippen LogP contribution in [-0.4, -0.2) is 6.11 Å². The van der Waals surface area contributed by atoms with Crippen LogP contribution in [0, 0.1) is 40.9 Å². The van der Waals surface area contributed by atoms with Gasteiger partial charge in [0.05, 0.1) is 11.5 Å². The number of halogens is 7. The van der Waals surface area contributed by atoms with Crippen molar-refractivity contribution in [3.63, 3.8) is 0 Å². The molecular weight excluding hydrogens is 461 g/mol. The van der Waals surface area contributed by atoms with E-state index in [1.807, 2.05) is 6.92 Å². The van der Waals surface area contributed by atoms with E-state index in [4.69, 9.17) is 4.74 Å². The Kier molecular flexibility index (Phi) is 6.60. The van der Waals surface area contributed by atoms with Crippen LogP contribution in [0.3, 0.4) is 0 Å². The number of ether oxygens (including phenoxy) is 1. The van der Waals surface area contributed by atoms with Gasteiger partial charge in [0.2, 0.25) is 0 Å². The minimum Gasteiger partial charge on any atom is -0.432 e. The molecule has 0 N–H and O–H groups in total. The Morgan fingerprint density at radius 2 is 1.18 bits per heavy atom. The lowest BCUT2D eigenvalue weighted by molar-refractivity contribution is -0.223. The normalized spacial score (nSPS) is 18.7. The minimum absolute atomic E-state index is 0.0707. The molecule has 34 heavy (non-hydrogen) atoms. The van der Waals surface area contributed by atoms with Gasteiger partial charge < -0.3 is 4.74 Å². The molecule has 3 aromatic rings. The highest BCUT2D eigenvalue weighted by molar-refractivity contribution is 5.72. The molecule has 0 amide bonds. The molecule has 0 atom stereocenters. The largest absolute Gasteiger partial charge is 0.432 e. The summed E-state index contributed by atoms with van der Waals surface area (Å²) in [7, 11) is 0. The second kappa shape index (κ2) is 9.31. The van der Waals surface area contributed by atoms with Crippen LogP contribution >= 0.6 is 0 Å². The first kappa shape index (κ1) is 24.1. The average Bonchev–Trinajstić information content (AvgIpc) is 2.77. The van der Waals surface area contributed by atoms with Crippen molar-refractivity contribution in [1.29, 1.82) is 0 Å². The zero-order chi connectivity index (χ0) is 24.6. The van der Waals surface area contributed by atoms with Crippen molar-refractivity contribution in [2.45, 2.75) is 38.7 Å². The topological polar surface area (TPSA) is 9.23 Å². The molecule has 180 valence electrons. The van der Waals surface area contributed by atoms with E-state index in [1.54, 1.807) is 0 Å². The quantitative estimate of drug-likeness (QED) is 0.262.